The SMILES string of the molecule is CC(C)[Si](OCC1C(O)CC2OC(=O)CC21)(C(C)C)C(C)C. The van der Waals surface area contributed by atoms with Crippen LogP contribution in [0.1, 0.15) is 54.4 Å². The zero-order valence-corrected chi connectivity index (χ0v) is 15.8. The number of carbonyl (C=O) groups is 1. The highest BCUT2D eigenvalue weighted by atomic mass is 28.4. The molecule has 0 aromatic carbocycles. The van der Waals surface area contributed by atoms with Crippen molar-refractivity contribution in [2.24, 2.45) is 11.8 Å². The number of ether oxygens (including phenoxy) is 1. The number of esters is 1. The average Bonchev–Trinajstić information content (AvgIpc) is 2.85. The summed E-state index contributed by atoms with van der Waals surface area (Å²) >= 11 is 0. The van der Waals surface area contributed by atoms with Crippen LogP contribution in [-0.2, 0) is 14.0 Å². The van der Waals surface area contributed by atoms with Crippen molar-refractivity contribution >= 4 is 14.3 Å². The van der Waals surface area contributed by atoms with Crippen molar-refractivity contribution in [3.05, 3.63) is 0 Å². The molecule has 0 radical (unpaired) electrons. The van der Waals surface area contributed by atoms with Gasteiger partial charge in [-0.05, 0) is 16.6 Å². The molecule has 0 amide bonds. The maximum atomic E-state index is 11.5. The Labute approximate surface area is 135 Å². The van der Waals surface area contributed by atoms with Crippen molar-refractivity contribution in [2.75, 3.05) is 6.61 Å². The number of aliphatic hydroxyl groups excluding tert-OH is 1. The third-order valence-corrected chi connectivity index (χ3v) is 12.0. The predicted molar refractivity (Wildman–Crippen MR) is 89.1 cm³/mol. The van der Waals surface area contributed by atoms with E-state index in [9.17, 15) is 9.90 Å². The van der Waals surface area contributed by atoms with E-state index in [1.807, 2.05) is 0 Å². The molecule has 1 heterocycles. The fourth-order valence-corrected chi connectivity index (χ4v) is 10.4. The van der Waals surface area contributed by atoms with Crippen molar-refractivity contribution in [3.63, 3.8) is 0 Å². The Hall–Kier alpha value is -0.393. The topological polar surface area (TPSA) is 55.8 Å². The fourth-order valence-electron chi connectivity index (χ4n) is 4.95. The van der Waals surface area contributed by atoms with Gasteiger partial charge < -0.3 is 14.3 Å². The van der Waals surface area contributed by atoms with E-state index in [2.05, 4.69) is 41.5 Å². The Morgan fingerprint density at radius 3 is 2.23 bits per heavy atom. The normalized spacial score (nSPS) is 32.2. The minimum atomic E-state index is -1.92. The van der Waals surface area contributed by atoms with Gasteiger partial charge in [0.15, 0.2) is 8.32 Å². The molecular weight excluding hydrogens is 296 g/mol. The van der Waals surface area contributed by atoms with Gasteiger partial charge in [-0.1, -0.05) is 41.5 Å². The van der Waals surface area contributed by atoms with Gasteiger partial charge >= 0.3 is 5.97 Å². The summed E-state index contributed by atoms with van der Waals surface area (Å²) < 4.78 is 11.9. The summed E-state index contributed by atoms with van der Waals surface area (Å²) in [5.74, 6) is 0.0623. The highest BCUT2D eigenvalue weighted by Gasteiger charge is 2.52. The van der Waals surface area contributed by atoms with Crippen molar-refractivity contribution < 1.29 is 19.1 Å². The number of carbonyl (C=O) groups excluding carboxylic acids is 1. The van der Waals surface area contributed by atoms with Gasteiger partial charge in [-0.25, -0.2) is 0 Å². The molecule has 0 aromatic heterocycles. The highest BCUT2D eigenvalue weighted by Crippen LogP contribution is 2.45. The van der Waals surface area contributed by atoms with Gasteiger partial charge in [0.1, 0.15) is 6.10 Å². The van der Waals surface area contributed by atoms with Crippen LogP contribution < -0.4 is 0 Å². The molecule has 22 heavy (non-hydrogen) atoms. The van der Waals surface area contributed by atoms with Gasteiger partial charge in [-0.3, -0.25) is 4.79 Å². The first-order valence-electron chi connectivity index (χ1n) is 8.71. The number of aliphatic hydroxyl groups is 1. The van der Waals surface area contributed by atoms with Crippen LogP contribution in [0.5, 0.6) is 0 Å². The van der Waals surface area contributed by atoms with Crippen molar-refractivity contribution in [1.29, 1.82) is 0 Å². The first-order chi connectivity index (χ1) is 10.2. The van der Waals surface area contributed by atoms with Gasteiger partial charge in [-0.2, -0.15) is 0 Å². The van der Waals surface area contributed by atoms with Crippen molar-refractivity contribution in [3.8, 4) is 0 Å². The Kier molecular flexibility index (Phi) is 5.40. The second-order valence-electron chi connectivity index (χ2n) is 7.99. The zero-order valence-electron chi connectivity index (χ0n) is 14.8. The van der Waals surface area contributed by atoms with Gasteiger partial charge in [-0.15, -0.1) is 0 Å². The summed E-state index contributed by atoms with van der Waals surface area (Å²) in [5, 5.41) is 10.3. The Balaban J connectivity index is 2.10. The second-order valence-corrected chi connectivity index (χ2v) is 13.5. The van der Waals surface area contributed by atoms with Crippen LogP contribution in [0, 0.1) is 11.8 Å². The number of hydrogen-bond acceptors (Lipinski definition) is 4. The lowest BCUT2D eigenvalue weighted by Gasteiger charge is -2.43. The van der Waals surface area contributed by atoms with E-state index in [-0.39, 0.29) is 23.9 Å². The molecule has 4 atom stereocenters. The number of fused-ring (bicyclic) bond motifs is 1. The van der Waals surface area contributed by atoms with Crippen LogP contribution >= 0.6 is 0 Å². The molecule has 1 N–H and O–H groups in total. The molecule has 2 fully saturated rings. The van der Waals surface area contributed by atoms with E-state index in [1.165, 1.54) is 0 Å². The van der Waals surface area contributed by atoms with Crippen molar-refractivity contribution in [2.45, 2.75) is 83.2 Å². The Bertz CT molecular complexity index is 386. The Morgan fingerprint density at radius 2 is 1.73 bits per heavy atom. The monoisotopic (exact) mass is 328 g/mol. The molecule has 4 nitrogen and oxygen atoms in total. The summed E-state index contributed by atoms with van der Waals surface area (Å²) in [4.78, 5) is 11.5. The smallest absolute Gasteiger partial charge is 0.306 e. The summed E-state index contributed by atoms with van der Waals surface area (Å²) in [6, 6.07) is 0. The highest BCUT2D eigenvalue weighted by molar-refractivity contribution is 6.77. The lowest BCUT2D eigenvalue weighted by atomic mass is 9.93. The molecule has 2 rings (SSSR count). The first-order valence-corrected chi connectivity index (χ1v) is 10.9. The van der Waals surface area contributed by atoms with Crippen LogP contribution in [-0.4, -0.2) is 38.2 Å². The molecule has 4 unspecified atom stereocenters. The summed E-state index contributed by atoms with van der Waals surface area (Å²) in [6.07, 6.45) is 0.518. The third kappa shape index (κ3) is 3.00. The standard InChI is InChI=1S/C17H32O4Si/c1-10(2)22(11(3)4,12(5)6)20-9-14-13-7-17(19)21-16(13)8-15(14)18/h10-16,18H,7-9H2,1-6H3. The zero-order chi connectivity index (χ0) is 16.7. The number of hydrogen-bond donors (Lipinski definition) is 1. The largest absolute Gasteiger partial charge is 0.462 e. The minimum Gasteiger partial charge on any atom is -0.462 e. The molecule has 0 aromatic rings. The van der Waals surface area contributed by atoms with Crippen LogP contribution in [0.25, 0.3) is 0 Å². The van der Waals surface area contributed by atoms with E-state index in [4.69, 9.17) is 9.16 Å². The minimum absolute atomic E-state index is 0.0413. The molecule has 2 aliphatic rings. The lowest BCUT2D eigenvalue weighted by Crippen LogP contribution is -2.49. The molecular formula is C17H32O4Si. The first kappa shape index (κ1) is 18.0. The predicted octanol–water partition coefficient (Wildman–Crippen LogP) is 3.49. The average molecular weight is 329 g/mol. The van der Waals surface area contributed by atoms with E-state index in [0.717, 1.165) is 0 Å². The third-order valence-electron chi connectivity index (χ3n) is 5.91. The summed E-state index contributed by atoms with van der Waals surface area (Å²) in [5.41, 5.74) is 1.59. The molecule has 1 aliphatic heterocycles. The van der Waals surface area contributed by atoms with Gasteiger partial charge in [0.25, 0.3) is 0 Å². The lowest BCUT2D eigenvalue weighted by molar-refractivity contribution is -0.141. The molecule has 1 aliphatic carbocycles. The van der Waals surface area contributed by atoms with Crippen LogP contribution in [0.2, 0.25) is 16.6 Å². The number of rotatable bonds is 6. The maximum Gasteiger partial charge on any atom is 0.306 e. The molecule has 0 spiro atoms. The summed E-state index contributed by atoms with van der Waals surface area (Å²) in [7, 11) is -1.92. The van der Waals surface area contributed by atoms with Crippen LogP contribution in [0.4, 0.5) is 0 Å². The van der Waals surface area contributed by atoms with E-state index in [1.54, 1.807) is 0 Å². The fraction of sp³-hybridized carbons (Fsp3) is 0.941. The van der Waals surface area contributed by atoms with E-state index < -0.39 is 14.4 Å². The molecule has 1 saturated heterocycles. The van der Waals surface area contributed by atoms with Gasteiger partial charge in [0, 0.05) is 24.9 Å². The second kappa shape index (κ2) is 6.61. The van der Waals surface area contributed by atoms with E-state index >= 15 is 0 Å². The van der Waals surface area contributed by atoms with E-state index in [0.29, 0.717) is 36.1 Å². The van der Waals surface area contributed by atoms with Crippen LogP contribution in [0.15, 0.2) is 0 Å². The van der Waals surface area contributed by atoms with Crippen LogP contribution in [0.3, 0.4) is 0 Å². The maximum absolute atomic E-state index is 11.5. The molecule has 0 bridgehead atoms. The van der Waals surface area contributed by atoms with Gasteiger partial charge in [0.2, 0.25) is 0 Å². The molecule has 128 valence electrons. The Morgan fingerprint density at radius 1 is 1.18 bits per heavy atom. The van der Waals surface area contributed by atoms with Crippen molar-refractivity contribution in [1.82, 2.24) is 0 Å². The van der Waals surface area contributed by atoms with Gasteiger partial charge in [0.05, 0.1) is 12.5 Å². The molecule has 1 saturated carbocycles. The summed E-state index contributed by atoms with van der Waals surface area (Å²) in [6.45, 7) is 14.2. The quantitative estimate of drug-likeness (QED) is 0.599. The molecule has 5 heteroatoms.